The van der Waals surface area contributed by atoms with E-state index in [1.54, 1.807) is 18.4 Å². The molecule has 3 fully saturated rings. The maximum absolute atomic E-state index is 2.37. The number of hydrogen-bond acceptors (Lipinski definition) is 0. The molecule has 3 saturated carbocycles. The molecule has 0 N–H and O–H groups in total. The molecule has 4 atom stereocenters. The first kappa shape index (κ1) is 5.40. The fourth-order valence-corrected chi connectivity index (χ4v) is 3.49. The maximum atomic E-state index is 2.37. The summed E-state index contributed by atoms with van der Waals surface area (Å²) >= 11 is 0. The van der Waals surface area contributed by atoms with Gasteiger partial charge in [-0.2, -0.15) is 0 Å². The fourth-order valence-electron chi connectivity index (χ4n) is 3.49. The first-order chi connectivity index (χ1) is 4.90. The van der Waals surface area contributed by atoms with Crippen LogP contribution in [0.25, 0.3) is 0 Å². The van der Waals surface area contributed by atoms with E-state index >= 15 is 0 Å². The first-order valence-corrected chi connectivity index (χ1v) is 4.55. The highest BCUT2D eigenvalue weighted by Crippen LogP contribution is 2.67. The Morgan fingerprint density at radius 1 is 1.30 bits per heavy atom. The Bertz CT molecular complexity index is 202. The standard InChI is InChI=1S/C10H14/c1-2-6-3-7-4-8-5-9(6)10(7)8/h2,7-10H,3-5H2,1H3/b6-2+. The lowest BCUT2D eigenvalue weighted by molar-refractivity contribution is -0.0331. The minimum absolute atomic E-state index is 1.06. The van der Waals surface area contributed by atoms with Crippen molar-refractivity contribution in [3.63, 3.8) is 0 Å². The Morgan fingerprint density at radius 2 is 2.20 bits per heavy atom. The Hall–Kier alpha value is -0.260. The van der Waals surface area contributed by atoms with Gasteiger partial charge in [-0.25, -0.2) is 0 Å². The van der Waals surface area contributed by atoms with Crippen molar-refractivity contribution < 1.29 is 0 Å². The molecule has 3 aliphatic carbocycles. The summed E-state index contributed by atoms with van der Waals surface area (Å²) in [5, 5.41) is 0. The SMILES string of the molecule is C/C=C1\CC2CC3CC1C23. The summed E-state index contributed by atoms with van der Waals surface area (Å²) in [6, 6.07) is 0. The van der Waals surface area contributed by atoms with Crippen molar-refractivity contribution in [2.45, 2.75) is 26.2 Å². The molecule has 0 aromatic rings. The van der Waals surface area contributed by atoms with Crippen LogP contribution in [0.1, 0.15) is 26.2 Å². The van der Waals surface area contributed by atoms with E-state index in [-0.39, 0.29) is 0 Å². The molecular formula is C10H14. The molecular weight excluding hydrogens is 120 g/mol. The van der Waals surface area contributed by atoms with E-state index in [2.05, 4.69) is 13.0 Å². The third-order valence-electron chi connectivity index (χ3n) is 4.06. The van der Waals surface area contributed by atoms with Gasteiger partial charge in [0.15, 0.2) is 0 Å². The monoisotopic (exact) mass is 134 g/mol. The highest BCUT2D eigenvalue weighted by molar-refractivity contribution is 5.25. The number of allylic oxidation sites excluding steroid dienone is 2. The Labute approximate surface area is 62.3 Å². The van der Waals surface area contributed by atoms with Gasteiger partial charge in [-0.3, -0.25) is 0 Å². The molecule has 0 aromatic carbocycles. The van der Waals surface area contributed by atoms with E-state index in [1.807, 2.05) is 0 Å². The van der Waals surface area contributed by atoms with Crippen LogP contribution in [0.2, 0.25) is 0 Å². The quantitative estimate of drug-likeness (QED) is 0.447. The molecule has 4 unspecified atom stereocenters. The van der Waals surface area contributed by atoms with Crippen LogP contribution in [0.3, 0.4) is 0 Å². The van der Waals surface area contributed by atoms with Gasteiger partial charge in [-0.1, -0.05) is 11.6 Å². The van der Waals surface area contributed by atoms with Crippen LogP contribution in [0.15, 0.2) is 11.6 Å². The average molecular weight is 134 g/mol. The summed E-state index contributed by atoms with van der Waals surface area (Å²) in [4.78, 5) is 0. The molecule has 0 aliphatic heterocycles. The van der Waals surface area contributed by atoms with Gasteiger partial charge in [0, 0.05) is 0 Å². The van der Waals surface area contributed by atoms with Crippen LogP contribution in [-0.4, -0.2) is 0 Å². The smallest absolute Gasteiger partial charge is 0.0167 e. The van der Waals surface area contributed by atoms with Gasteiger partial charge in [0.1, 0.15) is 0 Å². The molecule has 0 nitrogen and oxygen atoms in total. The van der Waals surface area contributed by atoms with Crippen molar-refractivity contribution in [2.24, 2.45) is 23.7 Å². The highest BCUT2D eigenvalue weighted by Gasteiger charge is 2.58. The van der Waals surface area contributed by atoms with E-state index in [0.29, 0.717) is 0 Å². The van der Waals surface area contributed by atoms with Gasteiger partial charge in [-0.15, -0.1) is 0 Å². The zero-order valence-electron chi connectivity index (χ0n) is 6.51. The molecule has 0 saturated heterocycles. The molecule has 10 heavy (non-hydrogen) atoms. The van der Waals surface area contributed by atoms with Crippen molar-refractivity contribution >= 4 is 0 Å². The second kappa shape index (κ2) is 1.49. The molecule has 54 valence electrons. The highest BCUT2D eigenvalue weighted by atomic mass is 14.6. The van der Waals surface area contributed by atoms with E-state index in [9.17, 15) is 0 Å². The summed E-state index contributed by atoms with van der Waals surface area (Å²) in [6.07, 6.45) is 6.95. The minimum atomic E-state index is 1.06. The predicted molar refractivity (Wildman–Crippen MR) is 41.6 cm³/mol. The lowest BCUT2D eigenvalue weighted by atomic mass is 9.52. The molecule has 0 bridgehead atoms. The molecule has 0 heteroatoms. The van der Waals surface area contributed by atoms with Gasteiger partial charge in [-0.05, 0) is 49.9 Å². The number of hydrogen-bond donors (Lipinski definition) is 0. The second-order valence-electron chi connectivity index (χ2n) is 4.24. The topological polar surface area (TPSA) is 0 Å². The van der Waals surface area contributed by atoms with Crippen molar-refractivity contribution in [1.82, 2.24) is 0 Å². The van der Waals surface area contributed by atoms with E-state index < -0.39 is 0 Å². The average Bonchev–Trinajstić information content (AvgIpc) is 2.06. The van der Waals surface area contributed by atoms with Crippen LogP contribution in [-0.2, 0) is 0 Å². The third kappa shape index (κ3) is 0.398. The van der Waals surface area contributed by atoms with Crippen molar-refractivity contribution in [3.8, 4) is 0 Å². The predicted octanol–water partition coefficient (Wildman–Crippen LogP) is 2.61. The van der Waals surface area contributed by atoms with E-state index in [4.69, 9.17) is 0 Å². The molecule has 0 heterocycles. The summed E-state index contributed by atoms with van der Waals surface area (Å²) < 4.78 is 0. The van der Waals surface area contributed by atoms with Gasteiger partial charge in [0.25, 0.3) is 0 Å². The Kier molecular flexibility index (Phi) is 0.805. The Balaban J connectivity index is 1.95. The van der Waals surface area contributed by atoms with Crippen molar-refractivity contribution in [3.05, 3.63) is 11.6 Å². The molecule has 0 radical (unpaired) electrons. The molecule has 3 aliphatic rings. The third-order valence-corrected chi connectivity index (χ3v) is 4.06. The van der Waals surface area contributed by atoms with E-state index in [1.165, 1.54) is 18.3 Å². The summed E-state index contributed by atoms with van der Waals surface area (Å²) in [6.45, 7) is 2.22. The van der Waals surface area contributed by atoms with E-state index in [0.717, 1.165) is 11.8 Å². The fraction of sp³-hybridized carbons (Fsp3) is 0.800. The van der Waals surface area contributed by atoms with Crippen LogP contribution >= 0.6 is 0 Å². The molecule has 3 rings (SSSR count). The van der Waals surface area contributed by atoms with Crippen molar-refractivity contribution in [1.29, 1.82) is 0 Å². The molecule has 0 aromatic heterocycles. The largest absolute Gasteiger partial charge is 0.0882 e. The molecule has 0 amide bonds. The maximum Gasteiger partial charge on any atom is -0.0167 e. The van der Waals surface area contributed by atoms with Crippen LogP contribution in [0.4, 0.5) is 0 Å². The normalized spacial score (nSPS) is 59.5. The van der Waals surface area contributed by atoms with Gasteiger partial charge in [0.05, 0.1) is 0 Å². The van der Waals surface area contributed by atoms with Crippen LogP contribution in [0.5, 0.6) is 0 Å². The molecule has 0 spiro atoms. The zero-order chi connectivity index (χ0) is 6.72. The lowest BCUT2D eigenvalue weighted by Gasteiger charge is -2.53. The van der Waals surface area contributed by atoms with Crippen LogP contribution < -0.4 is 0 Å². The van der Waals surface area contributed by atoms with Gasteiger partial charge in [0.2, 0.25) is 0 Å². The zero-order valence-corrected chi connectivity index (χ0v) is 6.51. The Morgan fingerprint density at radius 3 is 2.80 bits per heavy atom. The van der Waals surface area contributed by atoms with Gasteiger partial charge < -0.3 is 0 Å². The lowest BCUT2D eigenvalue weighted by Crippen LogP contribution is -2.46. The first-order valence-electron chi connectivity index (χ1n) is 4.55. The summed E-state index contributed by atoms with van der Waals surface area (Å²) in [5.74, 6) is 4.54. The number of rotatable bonds is 0. The van der Waals surface area contributed by atoms with Crippen molar-refractivity contribution in [2.75, 3.05) is 0 Å². The second-order valence-corrected chi connectivity index (χ2v) is 4.24. The van der Waals surface area contributed by atoms with Gasteiger partial charge >= 0.3 is 0 Å². The summed E-state index contributed by atoms with van der Waals surface area (Å²) in [7, 11) is 0. The summed E-state index contributed by atoms with van der Waals surface area (Å²) in [5.41, 5.74) is 1.80. The minimum Gasteiger partial charge on any atom is -0.0882 e. The van der Waals surface area contributed by atoms with Crippen LogP contribution in [0, 0.1) is 23.7 Å².